The number of aryl methyl sites for hydroxylation is 1. The maximum absolute atomic E-state index is 12.9. The fourth-order valence-electron chi connectivity index (χ4n) is 1.96. The summed E-state index contributed by atoms with van der Waals surface area (Å²) in [5.74, 6) is 5.99. The van der Waals surface area contributed by atoms with Crippen LogP contribution in [0.15, 0.2) is 58.3 Å². The van der Waals surface area contributed by atoms with Crippen LogP contribution in [0.2, 0.25) is 0 Å². The third-order valence-corrected chi connectivity index (χ3v) is 5.96. The Morgan fingerprint density at radius 2 is 1.92 bits per heavy atom. The molecule has 126 valence electrons. The molecule has 0 amide bonds. The van der Waals surface area contributed by atoms with Crippen LogP contribution in [0.1, 0.15) is 24.3 Å². The van der Waals surface area contributed by atoms with Gasteiger partial charge in [-0.25, -0.2) is 8.42 Å². The zero-order valence-electron chi connectivity index (χ0n) is 14.1. The molecule has 0 spiro atoms. The van der Waals surface area contributed by atoms with E-state index in [-0.39, 0.29) is 6.54 Å². The van der Waals surface area contributed by atoms with Crippen LogP contribution < -0.4 is 0 Å². The molecule has 1 aromatic carbocycles. The van der Waals surface area contributed by atoms with Crippen LogP contribution in [0.5, 0.6) is 0 Å². The van der Waals surface area contributed by atoms with Crippen LogP contribution in [0.3, 0.4) is 0 Å². The van der Waals surface area contributed by atoms with Crippen LogP contribution in [0, 0.1) is 18.8 Å². The summed E-state index contributed by atoms with van der Waals surface area (Å²) in [5, 5.41) is 1.95. The second-order valence-corrected chi connectivity index (χ2v) is 8.56. The number of thiophene rings is 1. The van der Waals surface area contributed by atoms with Crippen molar-refractivity contribution in [2.75, 3.05) is 13.1 Å². The van der Waals surface area contributed by atoms with Gasteiger partial charge in [0.25, 0.3) is 0 Å². The lowest BCUT2D eigenvalue weighted by molar-refractivity contribution is 0.477. The summed E-state index contributed by atoms with van der Waals surface area (Å²) in [6, 6.07) is 10.8. The van der Waals surface area contributed by atoms with E-state index in [4.69, 9.17) is 0 Å². The Bertz CT molecular complexity index is 848. The van der Waals surface area contributed by atoms with Crippen molar-refractivity contribution in [3.63, 3.8) is 0 Å². The van der Waals surface area contributed by atoms with Gasteiger partial charge in [-0.05, 0) is 44.4 Å². The molecule has 1 aromatic heterocycles. The number of hydrogen-bond acceptors (Lipinski definition) is 3. The summed E-state index contributed by atoms with van der Waals surface area (Å²) in [6.45, 7) is 6.32. The van der Waals surface area contributed by atoms with Crippen molar-refractivity contribution >= 4 is 21.4 Å². The Morgan fingerprint density at radius 1 is 1.21 bits per heavy atom. The molecule has 5 heteroatoms. The van der Waals surface area contributed by atoms with Gasteiger partial charge in [-0.3, -0.25) is 0 Å². The normalized spacial score (nSPS) is 11.0. The Labute approximate surface area is 148 Å². The second-order valence-electron chi connectivity index (χ2n) is 5.67. The van der Waals surface area contributed by atoms with E-state index >= 15 is 0 Å². The van der Waals surface area contributed by atoms with Gasteiger partial charge in [0, 0.05) is 6.54 Å². The minimum atomic E-state index is -3.56. The van der Waals surface area contributed by atoms with E-state index in [2.05, 4.69) is 11.8 Å². The van der Waals surface area contributed by atoms with Crippen molar-refractivity contribution < 1.29 is 8.42 Å². The Balaban J connectivity index is 2.27. The predicted octanol–water partition coefficient (Wildman–Crippen LogP) is 4.07. The third-order valence-electron chi connectivity index (χ3n) is 3.35. The monoisotopic (exact) mass is 359 g/mol. The first-order valence-electron chi connectivity index (χ1n) is 7.62. The van der Waals surface area contributed by atoms with Gasteiger partial charge >= 0.3 is 0 Å². The lowest BCUT2D eigenvalue weighted by atomic mass is 10.2. The highest BCUT2D eigenvalue weighted by atomic mass is 32.2. The molecule has 0 fully saturated rings. The summed E-state index contributed by atoms with van der Waals surface area (Å²) in [7, 11) is -3.56. The molecule has 0 saturated heterocycles. The lowest BCUT2D eigenvalue weighted by Crippen LogP contribution is -2.32. The zero-order valence-corrected chi connectivity index (χ0v) is 15.7. The largest absolute Gasteiger partial charge is 0.244 e. The average Bonchev–Trinajstić information content (AvgIpc) is 3.04. The molecule has 1 heterocycles. The number of allylic oxidation sites excluding steroid dienone is 1. The molecule has 0 saturated carbocycles. The van der Waals surface area contributed by atoms with Crippen LogP contribution in [-0.4, -0.2) is 25.8 Å². The first-order valence-corrected chi connectivity index (χ1v) is 9.94. The highest BCUT2D eigenvalue weighted by molar-refractivity contribution is 7.89. The van der Waals surface area contributed by atoms with Crippen molar-refractivity contribution in [1.82, 2.24) is 4.31 Å². The Hall–Kier alpha value is -1.87. The molecule has 0 aliphatic rings. The highest BCUT2D eigenvalue weighted by Crippen LogP contribution is 2.16. The first kappa shape index (κ1) is 18.5. The van der Waals surface area contributed by atoms with Gasteiger partial charge in [0.15, 0.2) is 0 Å². The Kier molecular flexibility index (Phi) is 6.38. The van der Waals surface area contributed by atoms with E-state index in [1.165, 1.54) is 4.31 Å². The minimum Gasteiger partial charge on any atom is -0.207 e. The van der Waals surface area contributed by atoms with E-state index in [0.717, 1.165) is 16.0 Å². The van der Waals surface area contributed by atoms with Crippen LogP contribution in [0.4, 0.5) is 0 Å². The molecule has 24 heavy (non-hydrogen) atoms. The van der Waals surface area contributed by atoms with Gasteiger partial charge in [0.1, 0.15) is 0 Å². The first-order chi connectivity index (χ1) is 11.4. The molecular formula is C19H21NO2S2. The third kappa shape index (κ3) is 5.07. The highest BCUT2D eigenvalue weighted by Gasteiger charge is 2.22. The van der Waals surface area contributed by atoms with Gasteiger partial charge in [-0.15, -0.1) is 11.3 Å². The molecule has 0 N–H and O–H groups in total. The standard InChI is InChI=1S/C19H21NO2S2/c1-16(2)12-14-20(13-4-6-18-7-5-15-23-18)24(21,22)19-10-8-17(3)9-11-19/h5,7-12,15H,13-14H2,1-3H3. The van der Waals surface area contributed by atoms with Crippen molar-refractivity contribution in [2.24, 2.45) is 0 Å². The van der Waals surface area contributed by atoms with Gasteiger partial charge in [-0.2, -0.15) is 4.31 Å². The fraction of sp³-hybridized carbons (Fsp3) is 0.263. The second kappa shape index (κ2) is 8.29. The van der Waals surface area contributed by atoms with Crippen LogP contribution in [-0.2, 0) is 10.0 Å². The fourth-order valence-corrected chi connectivity index (χ4v) is 3.83. The van der Waals surface area contributed by atoms with Gasteiger partial charge < -0.3 is 0 Å². The SMILES string of the molecule is CC(C)=CCN(CC#Cc1cccs1)S(=O)(=O)c1ccc(C)cc1. The molecule has 0 radical (unpaired) electrons. The molecule has 2 rings (SSSR count). The quantitative estimate of drug-likeness (QED) is 0.596. The number of hydrogen-bond donors (Lipinski definition) is 0. The summed E-state index contributed by atoms with van der Waals surface area (Å²) in [6.07, 6.45) is 1.90. The van der Waals surface area contributed by atoms with Gasteiger partial charge in [0.05, 0.1) is 16.3 Å². The van der Waals surface area contributed by atoms with E-state index in [9.17, 15) is 8.42 Å². The number of sulfonamides is 1. The predicted molar refractivity (Wildman–Crippen MR) is 101 cm³/mol. The number of rotatable bonds is 5. The van der Waals surface area contributed by atoms with Crippen molar-refractivity contribution in [1.29, 1.82) is 0 Å². The molecule has 0 aliphatic heterocycles. The summed E-state index contributed by atoms with van der Waals surface area (Å²) in [5.41, 5.74) is 2.10. The Morgan fingerprint density at radius 3 is 2.50 bits per heavy atom. The van der Waals surface area contributed by atoms with E-state index < -0.39 is 10.0 Å². The zero-order chi connectivity index (χ0) is 17.6. The molecular weight excluding hydrogens is 338 g/mol. The maximum Gasteiger partial charge on any atom is 0.244 e. The topological polar surface area (TPSA) is 37.4 Å². The maximum atomic E-state index is 12.9. The average molecular weight is 360 g/mol. The lowest BCUT2D eigenvalue weighted by Gasteiger charge is -2.18. The van der Waals surface area contributed by atoms with E-state index in [0.29, 0.717) is 11.4 Å². The molecule has 0 unspecified atom stereocenters. The summed E-state index contributed by atoms with van der Waals surface area (Å²) in [4.78, 5) is 1.23. The van der Waals surface area contributed by atoms with Crippen molar-refractivity contribution in [2.45, 2.75) is 25.7 Å². The summed E-state index contributed by atoms with van der Waals surface area (Å²) < 4.78 is 27.2. The smallest absolute Gasteiger partial charge is 0.207 e. The molecule has 2 aromatic rings. The van der Waals surface area contributed by atoms with Crippen LogP contribution in [0.25, 0.3) is 0 Å². The van der Waals surface area contributed by atoms with E-state index in [1.54, 1.807) is 23.5 Å². The number of benzene rings is 1. The molecule has 0 bridgehead atoms. The molecule has 0 atom stereocenters. The van der Waals surface area contributed by atoms with Crippen molar-refractivity contribution in [3.05, 3.63) is 63.9 Å². The van der Waals surface area contributed by atoms with Gasteiger partial charge in [-0.1, -0.05) is 47.3 Å². The molecule has 3 nitrogen and oxygen atoms in total. The summed E-state index contributed by atoms with van der Waals surface area (Å²) >= 11 is 1.54. The van der Waals surface area contributed by atoms with Gasteiger partial charge in [0.2, 0.25) is 10.0 Å². The van der Waals surface area contributed by atoms with E-state index in [1.807, 2.05) is 56.5 Å². The minimum absolute atomic E-state index is 0.165. The van der Waals surface area contributed by atoms with Crippen LogP contribution >= 0.6 is 11.3 Å². The van der Waals surface area contributed by atoms with Crippen molar-refractivity contribution in [3.8, 4) is 11.8 Å². The molecule has 0 aliphatic carbocycles. The number of nitrogens with zero attached hydrogens (tertiary/aromatic N) is 1.